The summed E-state index contributed by atoms with van der Waals surface area (Å²) in [6, 6.07) is 9.87. The van der Waals surface area contributed by atoms with Gasteiger partial charge in [0, 0.05) is 34.8 Å². The van der Waals surface area contributed by atoms with Crippen molar-refractivity contribution in [2.75, 3.05) is 0 Å². The van der Waals surface area contributed by atoms with E-state index < -0.39 is 23.6 Å². The minimum atomic E-state index is -0.999. The number of aliphatic carboxylic acids is 1. The van der Waals surface area contributed by atoms with Crippen LogP contribution < -0.4 is 0 Å². The maximum absolute atomic E-state index is 15.5. The molecule has 2 atom stereocenters. The molecule has 4 nitrogen and oxygen atoms in total. The molecule has 1 aromatic heterocycles. The molecule has 1 aliphatic rings. The lowest BCUT2D eigenvalue weighted by Crippen LogP contribution is -2.43. The molecule has 4 rings (SSSR count). The van der Waals surface area contributed by atoms with Crippen LogP contribution in [0.4, 0.5) is 8.78 Å². The van der Waals surface area contributed by atoms with Crippen molar-refractivity contribution in [3.05, 3.63) is 82.7 Å². The van der Waals surface area contributed by atoms with Gasteiger partial charge in [-0.2, -0.15) is 0 Å². The van der Waals surface area contributed by atoms with Crippen LogP contribution in [0.1, 0.15) is 61.5 Å². The third kappa shape index (κ3) is 3.78. The monoisotopic (exact) mass is 438 g/mol. The Labute approximate surface area is 186 Å². The van der Waals surface area contributed by atoms with Gasteiger partial charge in [-0.3, -0.25) is 4.79 Å². The first kappa shape index (κ1) is 22.1. The van der Waals surface area contributed by atoms with Gasteiger partial charge in [0.1, 0.15) is 17.7 Å². The topological polar surface area (TPSA) is 56.3 Å². The fourth-order valence-electron chi connectivity index (χ4n) is 4.90. The number of hydrogen-bond donors (Lipinski definition) is 2. The maximum Gasteiger partial charge on any atom is 0.303 e. The van der Waals surface area contributed by atoms with Crippen molar-refractivity contribution in [1.82, 2.24) is 9.88 Å². The molecule has 0 spiro atoms. The molecule has 0 fully saturated rings. The standard InChI is InChI=1S/C26H28F2N2O2/c1-4-15(3)30-17(5-2)14-19-18-8-6-7-9-22(18)29-25(19)26(30)24-20(27)12-16(13-21(24)28)10-11-23(31)32/h6-9,12-13,17,26,29H,3-5,10-11,14H2,1-2H3,(H,31,32)/t17-,26-/m0/s1. The molecule has 0 aliphatic carbocycles. The van der Waals surface area contributed by atoms with Gasteiger partial charge in [0.2, 0.25) is 0 Å². The number of carboxylic acids is 1. The van der Waals surface area contributed by atoms with E-state index in [1.807, 2.05) is 31.2 Å². The fraction of sp³-hybridized carbons (Fsp3) is 0.346. The zero-order chi connectivity index (χ0) is 23.0. The molecule has 0 unspecified atom stereocenters. The SMILES string of the molecule is C=C(CC)N1[C@@H](CC)Cc2c([nH]c3ccccc23)[C@@H]1c1c(F)cc(CCC(=O)O)cc1F. The summed E-state index contributed by atoms with van der Waals surface area (Å²) in [6.07, 6.45) is 2.15. The van der Waals surface area contributed by atoms with Crippen molar-refractivity contribution in [3.8, 4) is 0 Å². The molecule has 1 aliphatic heterocycles. The normalized spacial score (nSPS) is 18.1. The van der Waals surface area contributed by atoms with Gasteiger partial charge in [-0.05, 0) is 55.0 Å². The van der Waals surface area contributed by atoms with Gasteiger partial charge in [-0.25, -0.2) is 8.78 Å². The number of nitrogens with zero attached hydrogens (tertiary/aromatic N) is 1. The molecule has 0 bridgehead atoms. The van der Waals surface area contributed by atoms with Crippen LogP contribution in [0, 0.1) is 11.6 Å². The number of nitrogens with one attached hydrogen (secondary N) is 1. The summed E-state index contributed by atoms with van der Waals surface area (Å²) in [5, 5.41) is 10.00. The predicted octanol–water partition coefficient (Wildman–Crippen LogP) is 6.11. The van der Waals surface area contributed by atoms with Crippen molar-refractivity contribution in [2.45, 2.75) is 58.0 Å². The average molecular weight is 439 g/mol. The highest BCUT2D eigenvalue weighted by atomic mass is 19.1. The second-order valence-corrected chi connectivity index (χ2v) is 8.43. The number of allylic oxidation sites excluding steroid dienone is 1. The number of fused-ring (bicyclic) bond motifs is 3. The number of halogens is 2. The molecule has 3 aromatic rings. The molecule has 0 saturated carbocycles. The summed E-state index contributed by atoms with van der Waals surface area (Å²) in [4.78, 5) is 16.4. The minimum absolute atomic E-state index is 0.0235. The van der Waals surface area contributed by atoms with Gasteiger partial charge in [0.05, 0.1) is 5.56 Å². The second kappa shape index (κ2) is 8.77. The summed E-state index contributed by atoms with van der Waals surface area (Å²) in [5.41, 5.74) is 3.98. The fourth-order valence-corrected chi connectivity index (χ4v) is 4.90. The molecule has 168 valence electrons. The highest BCUT2D eigenvalue weighted by molar-refractivity contribution is 5.85. The Bertz CT molecular complexity index is 1160. The summed E-state index contributed by atoms with van der Waals surface area (Å²) >= 11 is 0. The average Bonchev–Trinajstić information content (AvgIpc) is 3.14. The molecular weight excluding hydrogens is 410 g/mol. The summed E-state index contributed by atoms with van der Waals surface area (Å²) < 4.78 is 31.0. The molecule has 0 amide bonds. The van der Waals surface area contributed by atoms with Crippen molar-refractivity contribution in [3.63, 3.8) is 0 Å². The molecule has 0 saturated heterocycles. The minimum Gasteiger partial charge on any atom is -0.481 e. The first-order chi connectivity index (χ1) is 15.3. The van der Waals surface area contributed by atoms with E-state index in [0.717, 1.165) is 40.7 Å². The Kier molecular flexibility index (Phi) is 6.04. The summed E-state index contributed by atoms with van der Waals surface area (Å²) in [5.74, 6) is -2.32. The number of aromatic nitrogens is 1. The van der Waals surface area contributed by atoms with E-state index in [0.29, 0.717) is 12.0 Å². The molecule has 32 heavy (non-hydrogen) atoms. The first-order valence-electron chi connectivity index (χ1n) is 11.1. The zero-order valence-corrected chi connectivity index (χ0v) is 18.4. The second-order valence-electron chi connectivity index (χ2n) is 8.43. The predicted molar refractivity (Wildman–Crippen MR) is 122 cm³/mol. The number of hydrogen-bond acceptors (Lipinski definition) is 2. The molecule has 2 N–H and O–H groups in total. The highest BCUT2D eigenvalue weighted by Crippen LogP contribution is 2.45. The first-order valence-corrected chi connectivity index (χ1v) is 11.1. The van der Waals surface area contributed by atoms with Crippen LogP contribution in [0.15, 0.2) is 48.7 Å². The van der Waals surface area contributed by atoms with Gasteiger partial charge in [0.15, 0.2) is 0 Å². The van der Waals surface area contributed by atoms with E-state index in [4.69, 9.17) is 5.11 Å². The van der Waals surface area contributed by atoms with E-state index in [-0.39, 0.29) is 24.4 Å². The lowest BCUT2D eigenvalue weighted by Gasteiger charge is -2.45. The van der Waals surface area contributed by atoms with Crippen LogP contribution in [-0.2, 0) is 17.6 Å². The molecule has 2 heterocycles. The van der Waals surface area contributed by atoms with E-state index in [1.54, 1.807) is 0 Å². The molecular formula is C26H28F2N2O2. The van der Waals surface area contributed by atoms with Crippen LogP contribution in [0.5, 0.6) is 0 Å². The van der Waals surface area contributed by atoms with Crippen LogP contribution in [0.2, 0.25) is 0 Å². The lowest BCUT2D eigenvalue weighted by molar-refractivity contribution is -0.136. The van der Waals surface area contributed by atoms with Crippen LogP contribution >= 0.6 is 0 Å². The number of aryl methyl sites for hydroxylation is 1. The Morgan fingerprint density at radius 3 is 2.53 bits per heavy atom. The van der Waals surface area contributed by atoms with Gasteiger partial charge < -0.3 is 15.0 Å². The van der Waals surface area contributed by atoms with Crippen LogP contribution in [0.25, 0.3) is 10.9 Å². The molecule has 0 radical (unpaired) electrons. The molecule has 6 heteroatoms. The van der Waals surface area contributed by atoms with E-state index >= 15 is 8.78 Å². The molecule has 2 aromatic carbocycles. The maximum atomic E-state index is 15.5. The Hall–Kier alpha value is -3.15. The van der Waals surface area contributed by atoms with E-state index in [9.17, 15) is 4.79 Å². The van der Waals surface area contributed by atoms with Crippen LogP contribution in [0.3, 0.4) is 0 Å². The van der Waals surface area contributed by atoms with Gasteiger partial charge in [-0.15, -0.1) is 0 Å². The number of benzene rings is 2. The summed E-state index contributed by atoms with van der Waals surface area (Å²) in [6.45, 7) is 8.30. The largest absolute Gasteiger partial charge is 0.481 e. The number of rotatable bonds is 7. The van der Waals surface area contributed by atoms with Gasteiger partial charge in [0.25, 0.3) is 0 Å². The Balaban J connectivity index is 1.91. The number of aromatic amines is 1. The number of carbonyl (C=O) groups is 1. The van der Waals surface area contributed by atoms with Gasteiger partial charge >= 0.3 is 5.97 Å². The summed E-state index contributed by atoms with van der Waals surface area (Å²) in [7, 11) is 0. The van der Waals surface area contributed by atoms with Crippen LogP contribution in [-0.4, -0.2) is 27.0 Å². The Morgan fingerprint density at radius 2 is 1.91 bits per heavy atom. The smallest absolute Gasteiger partial charge is 0.303 e. The third-order valence-corrected chi connectivity index (χ3v) is 6.52. The van der Waals surface area contributed by atoms with Crippen molar-refractivity contribution in [1.29, 1.82) is 0 Å². The van der Waals surface area contributed by atoms with Crippen molar-refractivity contribution >= 4 is 16.9 Å². The van der Waals surface area contributed by atoms with Crippen molar-refractivity contribution in [2.24, 2.45) is 0 Å². The quantitative estimate of drug-likeness (QED) is 0.468. The zero-order valence-electron chi connectivity index (χ0n) is 18.4. The van der Waals surface area contributed by atoms with E-state index in [1.165, 1.54) is 12.1 Å². The lowest BCUT2D eigenvalue weighted by atomic mass is 9.85. The number of para-hydroxylation sites is 1. The highest BCUT2D eigenvalue weighted by Gasteiger charge is 2.39. The van der Waals surface area contributed by atoms with Gasteiger partial charge in [-0.1, -0.05) is 38.6 Å². The van der Waals surface area contributed by atoms with E-state index in [2.05, 4.69) is 23.4 Å². The number of H-pyrrole nitrogens is 1. The third-order valence-electron chi connectivity index (χ3n) is 6.52. The van der Waals surface area contributed by atoms with Crippen molar-refractivity contribution < 1.29 is 18.7 Å². The number of carboxylic acid groups (broad SMARTS) is 1. The Morgan fingerprint density at radius 1 is 1.22 bits per heavy atom.